The van der Waals surface area contributed by atoms with Crippen LogP contribution in [0.4, 0.5) is 14.5 Å². The summed E-state index contributed by atoms with van der Waals surface area (Å²) >= 11 is 0. The molecule has 0 saturated carbocycles. The van der Waals surface area contributed by atoms with Crippen molar-refractivity contribution < 1.29 is 50.6 Å². The number of anilines is 1. The van der Waals surface area contributed by atoms with Crippen LogP contribution >= 0.6 is 0 Å². The van der Waals surface area contributed by atoms with Crippen LogP contribution in [-0.2, 0) is 38.4 Å². The van der Waals surface area contributed by atoms with Gasteiger partial charge in [0.2, 0.25) is 11.8 Å². The normalized spacial score (nSPS) is 21.6. The van der Waals surface area contributed by atoms with Crippen LogP contribution < -0.4 is 24.4 Å². The minimum Gasteiger partial charge on any atom is -0.493 e. The highest BCUT2D eigenvalue weighted by molar-refractivity contribution is 7.90. The van der Waals surface area contributed by atoms with Crippen molar-refractivity contribution in [1.29, 1.82) is 0 Å². The Hall–Kier alpha value is -6.44. The number of carbonyl (C=O) groups is 4. The molecule has 0 aliphatic carbocycles. The average molecular weight is 968 g/mol. The summed E-state index contributed by atoms with van der Waals surface area (Å²) < 4.78 is 76.7. The monoisotopic (exact) mass is 967 g/mol. The smallest absolute Gasteiger partial charge is 0.275 e. The van der Waals surface area contributed by atoms with Crippen molar-refractivity contribution in [2.75, 3.05) is 69.9 Å². The zero-order valence-electron chi connectivity index (χ0n) is 39.2. The van der Waals surface area contributed by atoms with E-state index in [1.807, 2.05) is 34.1 Å². The van der Waals surface area contributed by atoms with Crippen LogP contribution in [0, 0.1) is 0 Å². The molecule has 0 unspecified atom stereocenters. The van der Waals surface area contributed by atoms with E-state index in [4.69, 9.17) is 14.2 Å². The Labute approximate surface area is 399 Å². The van der Waals surface area contributed by atoms with Gasteiger partial charge in [0.25, 0.3) is 17.7 Å². The average Bonchev–Trinajstić information content (AvgIpc) is 3.78. The largest absolute Gasteiger partial charge is 0.493 e. The molecular weight excluding hydrogens is 913 g/mol. The van der Waals surface area contributed by atoms with Crippen LogP contribution in [0.3, 0.4) is 0 Å². The molecule has 364 valence electrons. The van der Waals surface area contributed by atoms with Crippen molar-refractivity contribution in [2.24, 2.45) is 7.05 Å². The van der Waals surface area contributed by atoms with E-state index >= 15 is 8.78 Å². The summed E-state index contributed by atoms with van der Waals surface area (Å²) in [5.74, 6) is -3.53. The van der Waals surface area contributed by atoms with Crippen LogP contribution in [0.2, 0.25) is 0 Å². The fraction of sp³-hybridized carbons (Fsp3) is 0.420. The van der Waals surface area contributed by atoms with Gasteiger partial charge in [0.1, 0.15) is 21.3 Å². The number of amides is 4. The molecule has 5 aromatic rings. The number of ether oxygens (including phenoxy) is 3. The number of hydrogen-bond acceptors (Lipinski definition) is 13. The first-order valence-electron chi connectivity index (χ1n) is 23.0. The number of piperidine rings is 2. The molecule has 4 amide bonds. The molecule has 4 aliphatic heterocycles. The number of aryl methyl sites for hydroxylation is 1. The first-order valence-corrected chi connectivity index (χ1v) is 25.1. The third kappa shape index (κ3) is 9.26. The number of aromatic nitrogens is 2. The van der Waals surface area contributed by atoms with Crippen LogP contribution in [0.25, 0.3) is 10.9 Å². The van der Waals surface area contributed by atoms with E-state index in [1.165, 1.54) is 7.11 Å². The van der Waals surface area contributed by atoms with Gasteiger partial charge in [-0.25, -0.2) is 17.2 Å². The molecule has 3 fully saturated rings. The second-order valence-corrected chi connectivity index (χ2v) is 20.7. The number of benzene rings is 4. The molecule has 1 aromatic heterocycles. The summed E-state index contributed by atoms with van der Waals surface area (Å²) in [5.41, 5.74) is 2.47. The van der Waals surface area contributed by atoms with E-state index in [9.17, 15) is 27.6 Å². The maximum Gasteiger partial charge on any atom is 0.275 e. The van der Waals surface area contributed by atoms with Gasteiger partial charge in [0.05, 0.1) is 71.5 Å². The molecule has 4 aromatic carbocycles. The minimum atomic E-state index is -3.70. The Morgan fingerprint density at radius 3 is 2.32 bits per heavy atom. The van der Waals surface area contributed by atoms with Gasteiger partial charge in [-0.05, 0) is 86.3 Å². The van der Waals surface area contributed by atoms with E-state index in [2.05, 4.69) is 10.4 Å². The number of nitrogens with one attached hydrogen (secondary N) is 1. The molecule has 16 nitrogen and oxygen atoms in total. The lowest BCUT2D eigenvalue weighted by atomic mass is 9.77. The molecule has 4 aliphatic rings. The predicted molar refractivity (Wildman–Crippen MR) is 253 cm³/mol. The zero-order chi connectivity index (χ0) is 49.0. The van der Waals surface area contributed by atoms with Gasteiger partial charge in [0, 0.05) is 70.4 Å². The molecule has 3 atom stereocenters. The fourth-order valence-electron chi connectivity index (χ4n) is 10.3. The molecule has 0 bridgehead atoms. The number of carbonyl (C=O) groups excluding carboxylic acids is 4. The second kappa shape index (κ2) is 18.5. The molecule has 1 N–H and O–H groups in total. The highest BCUT2D eigenvalue weighted by atomic mass is 32.2. The second-order valence-electron chi connectivity index (χ2n) is 18.5. The van der Waals surface area contributed by atoms with Crippen molar-refractivity contribution >= 4 is 50.1 Å². The number of fused-ring (bicyclic) bond motifs is 2. The van der Waals surface area contributed by atoms with Crippen LogP contribution in [-0.4, -0.2) is 133 Å². The van der Waals surface area contributed by atoms with Crippen molar-refractivity contribution in [2.45, 2.75) is 63.1 Å². The maximum atomic E-state index is 16.1. The lowest BCUT2D eigenvalue weighted by Crippen LogP contribution is -2.61. The Kier molecular flexibility index (Phi) is 12.7. The molecule has 9 rings (SSSR count). The first-order chi connectivity index (χ1) is 32.9. The fourth-order valence-corrected chi connectivity index (χ4v) is 11.2. The lowest BCUT2D eigenvalue weighted by Gasteiger charge is -2.46. The summed E-state index contributed by atoms with van der Waals surface area (Å²) in [4.78, 5) is 59.6. The SMILES string of the molecule is CCOc1cc([C@@H](CS(C)(=O)=O)N2C(=O)c3cccc(N4CCN([C@H]5CCN(Cc6ccc(Oc7ccc8c([C@]9(C)CCC(=O)NC9=O)nn(C)c8c7)cc6)CC5(F)F)CC4)c3C2=O)ccc1OC. The van der Waals surface area contributed by atoms with Gasteiger partial charge in [-0.1, -0.05) is 24.3 Å². The van der Waals surface area contributed by atoms with Crippen molar-refractivity contribution in [1.82, 2.24) is 29.8 Å². The number of methoxy groups -OCH3 is 1. The molecule has 19 heteroatoms. The summed E-state index contributed by atoms with van der Waals surface area (Å²) in [5, 5.41) is 7.89. The summed E-state index contributed by atoms with van der Waals surface area (Å²) in [6, 6.07) is 20.5. The van der Waals surface area contributed by atoms with Crippen molar-refractivity contribution in [3.05, 3.63) is 107 Å². The summed E-state index contributed by atoms with van der Waals surface area (Å²) in [6.07, 6.45) is 1.91. The van der Waals surface area contributed by atoms with E-state index in [0.717, 1.165) is 27.6 Å². The van der Waals surface area contributed by atoms with Crippen molar-refractivity contribution in [3.63, 3.8) is 0 Å². The lowest BCUT2D eigenvalue weighted by molar-refractivity contribution is -0.137. The van der Waals surface area contributed by atoms with Gasteiger partial charge >= 0.3 is 0 Å². The number of nitrogens with zero attached hydrogens (tertiary/aromatic N) is 6. The highest BCUT2D eigenvalue weighted by Crippen LogP contribution is 2.41. The molecule has 5 heterocycles. The number of halogens is 2. The van der Waals surface area contributed by atoms with Crippen LogP contribution in [0.15, 0.2) is 78.9 Å². The number of piperazine rings is 1. The Balaban J connectivity index is 0.818. The molecular formula is C50H55F2N7O9S. The van der Waals surface area contributed by atoms with Gasteiger partial charge in [0.15, 0.2) is 11.5 Å². The van der Waals surface area contributed by atoms with Gasteiger partial charge < -0.3 is 19.1 Å². The van der Waals surface area contributed by atoms with E-state index in [1.54, 1.807) is 85.1 Å². The predicted octanol–water partition coefficient (Wildman–Crippen LogP) is 5.88. The molecule has 69 heavy (non-hydrogen) atoms. The standard InChI is InChI=1S/C50H55F2N7O9S/c1-6-67-41-26-32(12-17-40(41)66-4)39(29-69(5,64)65)59-46(61)36-8-7-9-37(44(36)47(59)62)57-22-24-58(25-23-57)42-19-21-56(30-50(42,51)52)28-31-10-13-33(14-11-31)68-34-15-16-35-38(27-34)55(3)54-45(35)49(2)20-18-43(60)53-48(49)63/h7-17,26-27,39,42H,6,18-25,28-30H2,1-5H3,(H,53,60,63)/t39-,42+,49+/m1/s1. The Morgan fingerprint density at radius 1 is 0.899 bits per heavy atom. The quantitative estimate of drug-likeness (QED) is 0.131. The number of imide groups is 2. The zero-order valence-corrected chi connectivity index (χ0v) is 40.0. The Morgan fingerprint density at radius 2 is 1.64 bits per heavy atom. The number of likely N-dealkylation sites (tertiary alicyclic amines) is 1. The van der Waals surface area contributed by atoms with E-state index in [0.29, 0.717) is 92.2 Å². The van der Waals surface area contributed by atoms with Crippen molar-refractivity contribution in [3.8, 4) is 23.0 Å². The first kappa shape index (κ1) is 47.6. The van der Waals surface area contributed by atoms with E-state index < -0.39 is 57.4 Å². The van der Waals surface area contributed by atoms with E-state index in [-0.39, 0.29) is 35.8 Å². The third-order valence-electron chi connectivity index (χ3n) is 13.8. The minimum absolute atomic E-state index is 0.152. The topological polar surface area (TPSA) is 173 Å². The van der Waals surface area contributed by atoms with Gasteiger partial charge in [-0.2, -0.15) is 5.10 Å². The number of alkyl halides is 2. The molecule has 3 saturated heterocycles. The summed E-state index contributed by atoms with van der Waals surface area (Å²) in [7, 11) is -0.435. The van der Waals surface area contributed by atoms with Gasteiger partial charge in [-0.15, -0.1) is 0 Å². The summed E-state index contributed by atoms with van der Waals surface area (Å²) in [6.45, 7) is 5.58. The third-order valence-corrected chi connectivity index (χ3v) is 14.7. The van der Waals surface area contributed by atoms with Crippen LogP contribution in [0.1, 0.15) is 76.7 Å². The number of hydrogen-bond donors (Lipinski definition) is 1. The maximum absolute atomic E-state index is 16.1. The van der Waals surface area contributed by atoms with Gasteiger partial charge in [-0.3, -0.25) is 43.9 Å². The molecule has 0 spiro atoms. The Bertz CT molecular complexity index is 2960. The number of rotatable bonds is 14. The highest BCUT2D eigenvalue weighted by Gasteiger charge is 2.49. The molecule has 0 radical (unpaired) electrons. The van der Waals surface area contributed by atoms with Crippen LogP contribution in [0.5, 0.6) is 23.0 Å². The number of sulfone groups is 1.